The van der Waals surface area contributed by atoms with E-state index in [0.717, 1.165) is 16.4 Å². The molecule has 5 heteroatoms. The molecular formula is C12H18N2O2S. The number of hydrogen-bond donors (Lipinski definition) is 1. The van der Waals surface area contributed by atoms with Gasteiger partial charge in [-0.05, 0) is 25.7 Å². The molecule has 94 valence electrons. The molecule has 0 saturated heterocycles. The van der Waals surface area contributed by atoms with Crippen LogP contribution < -0.4 is 5.32 Å². The SMILES string of the molecule is CCOC(=O)c1nc(NC2CC2(C)C)sc1C. The molecule has 0 radical (unpaired) electrons. The lowest BCUT2D eigenvalue weighted by Crippen LogP contribution is -2.09. The van der Waals surface area contributed by atoms with Crippen molar-refractivity contribution in [2.75, 3.05) is 11.9 Å². The van der Waals surface area contributed by atoms with Crippen molar-refractivity contribution < 1.29 is 9.53 Å². The van der Waals surface area contributed by atoms with Crippen molar-refractivity contribution >= 4 is 22.4 Å². The quantitative estimate of drug-likeness (QED) is 0.839. The summed E-state index contributed by atoms with van der Waals surface area (Å²) in [6.45, 7) is 8.52. The van der Waals surface area contributed by atoms with Gasteiger partial charge in [0.05, 0.1) is 6.61 Å². The Morgan fingerprint density at radius 1 is 1.65 bits per heavy atom. The van der Waals surface area contributed by atoms with E-state index in [1.807, 2.05) is 6.92 Å². The van der Waals surface area contributed by atoms with Crippen molar-refractivity contribution in [3.05, 3.63) is 10.6 Å². The lowest BCUT2D eigenvalue weighted by molar-refractivity contribution is 0.0519. The maximum atomic E-state index is 11.6. The molecule has 2 rings (SSSR count). The molecule has 4 nitrogen and oxygen atoms in total. The Labute approximate surface area is 105 Å². The maximum absolute atomic E-state index is 11.6. The van der Waals surface area contributed by atoms with Crippen LogP contribution in [0.15, 0.2) is 0 Å². The summed E-state index contributed by atoms with van der Waals surface area (Å²) in [6, 6.07) is 0.475. The molecule has 1 aromatic rings. The summed E-state index contributed by atoms with van der Waals surface area (Å²) in [6.07, 6.45) is 1.15. The highest BCUT2D eigenvalue weighted by atomic mass is 32.1. The molecule has 0 aromatic carbocycles. The third kappa shape index (κ3) is 2.60. The van der Waals surface area contributed by atoms with Gasteiger partial charge in [-0.1, -0.05) is 13.8 Å². The first-order valence-corrected chi connectivity index (χ1v) is 6.67. The summed E-state index contributed by atoms with van der Waals surface area (Å²) in [5, 5.41) is 4.18. The van der Waals surface area contributed by atoms with Gasteiger partial charge in [-0.3, -0.25) is 0 Å². The first-order valence-electron chi connectivity index (χ1n) is 5.85. The normalized spacial score (nSPS) is 21.1. The molecule has 0 amide bonds. The molecule has 1 fully saturated rings. The first-order chi connectivity index (χ1) is 7.94. The number of aromatic nitrogens is 1. The van der Waals surface area contributed by atoms with E-state index in [-0.39, 0.29) is 5.97 Å². The predicted octanol–water partition coefficient (Wildman–Crippen LogP) is 2.84. The minimum absolute atomic E-state index is 0.329. The van der Waals surface area contributed by atoms with Crippen molar-refractivity contribution in [2.24, 2.45) is 5.41 Å². The van der Waals surface area contributed by atoms with Crippen LogP contribution in [0.25, 0.3) is 0 Å². The third-order valence-electron chi connectivity index (χ3n) is 3.08. The summed E-state index contributed by atoms with van der Waals surface area (Å²) in [5.74, 6) is -0.329. The number of rotatable bonds is 4. The average Bonchev–Trinajstić information content (AvgIpc) is 2.67. The van der Waals surface area contributed by atoms with E-state index in [1.54, 1.807) is 6.92 Å². The number of ether oxygens (including phenoxy) is 1. The molecule has 1 heterocycles. The highest BCUT2D eigenvalue weighted by Gasteiger charge is 2.46. The number of anilines is 1. The highest BCUT2D eigenvalue weighted by Crippen LogP contribution is 2.47. The third-order valence-corrected chi connectivity index (χ3v) is 3.98. The van der Waals surface area contributed by atoms with Gasteiger partial charge in [0.15, 0.2) is 10.8 Å². The Morgan fingerprint density at radius 2 is 2.29 bits per heavy atom. The van der Waals surface area contributed by atoms with Crippen LogP contribution in [0.3, 0.4) is 0 Å². The van der Waals surface area contributed by atoms with Crippen LogP contribution in [0, 0.1) is 12.3 Å². The van der Waals surface area contributed by atoms with Gasteiger partial charge in [-0.2, -0.15) is 0 Å². The molecule has 0 bridgehead atoms. The molecular weight excluding hydrogens is 236 g/mol. The number of carbonyl (C=O) groups is 1. The molecule has 17 heavy (non-hydrogen) atoms. The number of carbonyl (C=O) groups excluding carboxylic acids is 1. The number of nitrogens with one attached hydrogen (secondary N) is 1. The smallest absolute Gasteiger partial charge is 0.358 e. The van der Waals surface area contributed by atoms with Crippen molar-refractivity contribution in [2.45, 2.75) is 40.2 Å². The van der Waals surface area contributed by atoms with Crippen LogP contribution in [-0.4, -0.2) is 23.6 Å². The Bertz CT molecular complexity index is 440. The highest BCUT2D eigenvalue weighted by molar-refractivity contribution is 7.15. The number of thiazole rings is 1. The predicted molar refractivity (Wildman–Crippen MR) is 68.6 cm³/mol. The zero-order valence-electron chi connectivity index (χ0n) is 10.7. The van der Waals surface area contributed by atoms with Crippen LogP contribution in [0.5, 0.6) is 0 Å². The van der Waals surface area contributed by atoms with E-state index in [9.17, 15) is 4.79 Å². The fraction of sp³-hybridized carbons (Fsp3) is 0.667. The second-order valence-electron chi connectivity index (χ2n) is 5.03. The lowest BCUT2D eigenvalue weighted by atomic mass is 10.2. The van der Waals surface area contributed by atoms with Crippen LogP contribution in [0.4, 0.5) is 5.13 Å². The van der Waals surface area contributed by atoms with Gasteiger partial charge in [-0.15, -0.1) is 11.3 Å². The fourth-order valence-corrected chi connectivity index (χ4v) is 2.56. The number of esters is 1. The van der Waals surface area contributed by atoms with E-state index in [0.29, 0.717) is 23.8 Å². The largest absolute Gasteiger partial charge is 0.461 e. The minimum atomic E-state index is -0.329. The van der Waals surface area contributed by atoms with Crippen molar-refractivity contribution in [1.29, 1.82) is 0 Å². The summed E-state index contributed by atoms with van der Waals surface area (Å²) >= 11 is 1.51. The summed E-state index contributed by atoms with van der Waals surface area (Å²) < 4.78 is 4.96. The number of hydrogen-bond acceptors (Lipinski definition) is 5. The van der Waals surface area contributed by atoms with Crippen LogP contribution in [0.1, 0.15) is 42.6 Å². The van der Waals surface area contributed by atoms with Gasteiger partial charge >= 0.3 is 5.97 Å². The molecule has 1 unspecified atom stereocenters. The van der Waals surface area contributed by atoms with E-state index >= 15 is 0 Å². The van der Waals surface area contributed by atoms with Crippen LogP contribution in [-0.2, 0) is 4.74 Å². The van der Waals surface area contributed by atoms with Gasteiger partial charge in [0.2, 0.25) is 0 Å². The zero-order chi connectivity index (χ0) is 12.6. The van der Waals surface area contributed by atoms with E-state index in [1.165, 1.54) is 11.3 Å². The Morgan fingerprint density at radius 3 is 2.82 bits per heavy atom. The molecule has 1 aromatic heterocycles. The van der Waals surface area contributed by atoms with Crippen molar-refractivity contribution in [1.82, 2.24) is 4.98 Å². The zero-order valence-corrected chi connectivity index (χ0v) is 11.5. The minimum Gasteiger partial charge on any atom is -0.461 e. The molecule has 1 atom stereocenters. The Kier molecular flexibility index (Phi) is 3.12. The van der Waals surface area contributed by atoms with E-state index in [2.05, 4.69) is 24.1 Å². The number of nitrogens with zero attached hydrogens (tertiary/aromatic N) is 1. The van der Waals surface area contributed by atoms with Crippen LogP contribution in [0.2, 0.25) is 0 Å². The number of aryl methyl sites for hydroxylation is 1. The van der Waals surface area contributed by atoms with Gasteiger partial charge in [0, 0.05) is 10.9 Å². The van der Waals surface area contributed by atoms with Gasteiger partial charge in [-0.25, -0.2) is 9.78 Å². The standard InChI is InChI=1S/C12H18N2O2S/c1-5-16-10(15)9-7(2)17-11(14-9)13-8-6-12(8,3)4/h8H,5-6H2,1-4H3,(H,13,14). The average molecular weight is 254 g/mol. The van der Waals surface area contributed by atoms with E-state index in [4.69, 9.17) is 4.74 Å². The Balaban J connectivity index is 2.06. The van der Waals surface area contributed by atoms with Crippen LogP contribution >= 0.6 is 11.3 Å². The van der Waals surface area contributed by atoms with Gasteiger partial charge < -0.3 is 10.1 Å². The molecule has 1 saturated carbocycles. The summed E-state index contributed by atoms with van der Waals surface area (Å²) in [4.78, 5) is 16.8. The van der Waals surface area contributed by atoms with E-state index < -0.39 is 0 Å². The van der Waals surface area contributed by atoms with Crippen molar-refractivity contribution in [3.8, 4) is 0 Å². The topological polar surface area (TPSA) is 51.2 Å². The fourth-order valence-electron chi connectivity index (χ4n) is 1.71. The second kappa shape index (κ2) is 4.29. The first kappa shape index (κ1) is 12.4. The summed E-state index contributed by atoms with van der Waals surface area (Å²) in [7, 11) is 0. The molecule has 0 aliphatic heterocycles. The molecule has 1 N–H and O–H groups in total. The van der Waals surface area contributed by atoms with Crippen molar-refractivity contribution in [3.63, 3.8) is 0 Å². The van der Waals surface area contributed by atoms with Gasteiger partial charge in [0.1, 0.15) is 0 Å². The van der Waals surface area contributed by atoms with Gasteiger partial charge in [0.25, 0.3) is 0 Å². The molecule has 1 aliphatic carbocycles. The molecule has 1 aliphatic rings. The molecule has 0 spiro atoms. The summed E-state index contributed by atoms with van der Waals surface area (Å²) in [5.41, 5.74) is 0.793. The lowest BCUT2D eigenvalue weighted by Gasteiger charge is -2.03. The maximum Gasteiger partial charge on any atom is 0.358 e. The second-order valence-corrected chi connectivity index (χ2v) is 6.24. The Hall–Kier alpha value is -1.10. The monoisotopic (exact) mass is 254 g/mol.